The number of halogens is 1. The zero-order valence-corrected chi connectivity index (χ0v) is 19.6. The highest BCUT2D eigenvalue weighted by molar-refractivity contribution is 7.90. The Balaban J connectivity index is 1.34. The van der Waals surface area contributed by atoms with E-state index in [0.717, 1.165) is 29.1 Å². The van der Waals surface area contributed by atoms with Gasteiger partial charge in [0.15, 0.2) is 0 Å². The maximum absolute atomic E-state index is 13.9. The van der Waals surface area contributed by atoms with Gasteiger partial charge < -0.3 is 4.90 Å². The van der Waals surface area contributed by atoms with Gasteiger partial charge in [-0.3, -0.25) is 9.59 Å². The van der Waals surface area contributed by atoms with Gasteiger partial charge in [-0.1, -0.05) is 24.3 Å². The molecule has 2 amide bonds. The van der Waals surface area contributed by atoms with Gasteiger partial charge in [0.05, 0.1) is 5.56 Å². The molecule has 4 fully saturated rings. The maximum atomic E-state index is 13.9. The van der Waals surface area contributed by atoms with Crippen LogP contribution in [0.25, 0.3) is 0 Å². The lowest BCUT2D eigenvalue weighted by atomic mass is 9.52. The lowest BCUT2D eigenvalue weighted by molar-refractivity contribution is -0.152. The lowest BCUT2D eigenvalue weighted by Gasteiger charge is -2.60. The SMILES string of the molecule is O=C(CN1C(=O)c2ccccc2S1(=O)=O)N(Cc1ccc(F)cc1)C12CC3CC(CC(C3)C1)C2. The Morgan fingerprint density at radius 1 is 0.971 bits per heavy atom. The van der Waals surface area contributed by atoms with E-state index in [4.69, 9.17) is 0 Å². The molecule has 6 nitrogen and oxygen atoms in total. The molecule has 2 aromatic rings. The summed E-state index contributed by atoms with van der Waals surface area (Å²) in [5.41, 5.74) is 0.569. The van der Waals surface area contributed by atoms with Gasteiger partial charge in [-0.2, -0.15) is 0 Å². The summed E-state index contributed by atoms with van der Waals surface area (Å²) < 4.78 is 40.4. The fraction of sp³-hybridized carbons (Fsp3) is 0.462. The van der Waals surface area contributed by atoms with Crippen molar-refractivity contribution in [3.05, 3.63) is 65.5 Å². The van der Waals surface area contributed by atoms with Crippen molar-refractivity contribution in [1.82, 2.24) is 9.21 Å². The van der Waals surface area contributed by atoms with Crippen molar-refractivity contribution in [1.29, 1.82) is 0 Å². The quantitative estimate of drug-likeness (QED) is 0.647. The molecule has 34 heavy (non-hydrogen) atoms. The van der Waals surface area contributed by atoms with Crippen LogP contribution >= 0.6 is 0 Å². The van der Waals surface area contributed by atoms with Gasteiger partial charge in [-0.05, 0) is 86.1 Å². The van der Waals surface area contributed by atoms with Gasteiger partial charge in [-0.15, -0.1) is 0 Å². The molecule has 0 saturated heterocycles. The first-order valence-corrected chi connectivity index (χ1v) is 13.4. The highest BCUT2D eigenvalue weighted by Crippen LogP contribution is 2.58. The first kappa shape index (κ1) is 21.8. The van der Waals surface area contributed by atoms with E-state index < -0.39 is 22.5 Å². The van der Waals surface area contributed by atoms with Crippen molar-refractivity contribution in [2.75, 3.05) is 6.54 Å². The van der Waals surface area contributed by atoms with Gasteiger partial charge in [0, 0.05) is 12.1 Å². The van der Waals surface area contributed by atoms with E-state index >= 15 is 0 Å². The van der Waals surface area contributed by atoms with Crippen LogP contribution in [-0.2, 0) is 21.4 Å². The van der Waals surface area contributed by atoms with Crippen LogP contribution in [0.1, 0.15) is 54.4 Å². The van der Waals surface area contributed by atoms with Crippen LogP contribution in [0.5, 0.6) is 0 Å². The van der Waals surface area contributed by atoms with Crippen LogP contribution in [0, 0.1) is 23.6 Å². The standard InChI is InChI=1S/C26H27FN2O4S/c27-21-7-5-17(6-8-21)15-28(26-12-18-9-19(13-26)11-20(10-18)14-26)24(30)16-29-25(31)22-3-1-2-4-23(22)34(29,32)33/h1-8,18-20H,9-16H2. The topological polar surface area (TPSA) is 74.8 Å². The molecular weight excluding hydrogens is 455 g/mol. The number of carbonyl (C=O) groups is 2. The number of hydrogen-bond acceptors (Lipinski definition) is 4. The molecule has 4 aliphatic carbocycles. The molecule has 7 rings (SSSR count). The molecular formula is C26H27FN2O4S. The third-order valence-electron chi connectivity index (χ3n) is 8.32. The molecule has 2 aromatic carbocycles. The van der Waals surface area contributed by atoms with E-state index in [-0.39, 0.29) is 34.3 Å². The summed E-state index contributed by atoms with van der Waals surface area (Å²) in [6.07, 6.45) is 6.33. The third kappa shape index (κ3) is 3.37. The molecule has 4 bridgehead atoms. The molecule has 0 aromatic heterocycles. The molecule has 5 aliphatic rings. The molecule has 0 N–H and O–H groups in total. The van der Waals surface area contributed by atoms with Gasteiger partial charge >= 0.3 is 0 Å². The minimum atomic E-state index is -4.07. The Morgan fingerprint density at radius 2 is 1.56 bits per heavy atom. The smallest absolute Gasteiger partial charge is 0.269 e. The number of hydrogen-bond donors (Lipinski definition) is 0. The zero-order valence-electron chi connectivity index (χ0n) is 18.8. The van der Waals surface area contributed by atoms with Gasteiger partial charge in [0.1, 0.15) is 17.3 Å². The highest BCUT2D eigenvalue weighted by Gasteiger charge is 2.55. The third-order valence-corrected chi connectivity index (χ3v) is 10.1. The van der Waals surface area contributed by atoms with Crippen molar-refractivity contribution >= 4 is 21.8 Å². The van der Waals surface area contributed by atoms with Crippen molar-refractivity contribution in [2.45, 2.75) is 55.5 Å². The van der Waals surface area contributed by atoms with E-state index in [1.54, 1.807) is 24.3 Å². The van der Waals surface area contributed by atoms with E-state index in [9.17, 15) is 22.4 Å². The largest absolute Gasteiger partial charge is 0.331 e. The summed E-state index contributed by atoms with van der Waals surface area (Å²) >= 11 is 0. The van der Waals surface area contributed by atoms with Crippen molar-refractivity contribution < 1.29 is 22.4 Å². The van der Waals surface area contributed by atoms with E-state index in [1.165, 1.54) is 43.5 Å². The summed E-state index contributed by atoms with van der Waals surface area (Å²) in [7, 11) is -4.07. The molecule has 0 atom stereocenters. The second-order valence-electron chi connectivity index (χ2n) is 10.6. The Hall–Kier alpha value is -2.74. The number of fused-ring (bicyclic) bond motifs is 1. The molecule has 178 valence electrons. The lowest BCUT2D eigenvalue weighted by Crippen LogP contribution is -2.62. The summed E-state index contributed by atoms with van der Waals surface area (Å²) in [4.78, 5) is 28.6. The van der Waals surface area contributed by atoms with Crippen LogP contribution in [0.15, 0.2) is 53.4 Å². The molecule has 0 unspecified atom stereocenters. The number of carbonyl (C=O) groups excluding carboxylic acids is 2. The summed E-state index contributed by atoms with van der Waals surface area (Å²) in [6.45, 7) is -0.237. The minimum absolute atomic E-state index is 0.0484. The Morgan fingerprint density at radius 3 is 2.15 bits per heavy atom. The van der Waals surface area contributed by atoms with Crippen LogP contribution < -0.4 is 0 Å². The van der Waals surface area contributed by atoms with Crippen LogP contribution in [0.4, 0.5) is 4.39 Å². The highest BCUT2D eigenvalue weighted by atomic mass is 32.2. The minimum Gasteiger partial charge on any atom is -0.331 e. The van der Waals surface area contributed by atoms with Crippen molar-refractivity contribution in [2.24, 2.45) is 17.8 Å². The molecule has 1 aliphatic heterocycles. The predicted molar refractivity (Wildman–Crippen MR) is 123 cm³/mol. The molecule has 0 radical (unpaired) electrons. The average Bonchev–Trinajstić information content (AvgIpc) is 2.98. The number of rotatable bonds is 5. The number of sulfonamides is 1. The van der Waals surface area contributed by atoms with E-state index in [0.29, 0.717) is 17.8 Å². The zero-order chi connectivity index (χ0) is 23.7. The van der Waals surface area contributed by atoms with Gasteiger partial charge in [-0.25, -0.2) is 17.1 Å². The van der Waals surface area contributed by atoms with E-state index in [1.807, 2.05) is 4.90 Å². The molecule has 1 heterocycles. The fourth-order valence-corrected chi connectivity index (χ4v) is 8.80. The number of nitrogens with zero attached hydrogens (tertiary/aromatic N) is 2. The molecule has 0 spiro atoms. The van der Waals surface area contributed by atoms with Gasteiger partial charge in [0.25, 0.3) is 15.9 Å². The predicted octanol–water partition coefficient (Wildman–Crippen LogP) is 3.97. The molecule has 4 saturated carbocycles. The normalized spacial score (nSPS) is 30.4. The summed E-state index contributed by atoms with van der Waals surface area (Å²) in [5, 5.41) is 0. The first-order chi connectivity index (χ1) is 16.2. The fourth-order valence-electron chi connectivity index (χ4n) is 7.28. The summed E-state index contributed by atoms with van der Waals surface area (Å²) in [5.74, 6) is 0.374. The second kappa shape index (κ2) is 7.63. The van der Waals surface area contributed by atoms with Crippen molar-refractivity contribution in [3.63, 3.8) is 0 Å². The Labute approximate surface area is 198 Å². The maximum Gasteiger partial charge on any atom is 0.269 e. The van der Waals surface area contributed by atoms with Crippen LogP contribution in [-0.4, -0.2) is 41.5 Å². The van der Waals surface area contributed by atoms with E-state index in [2.05, 4.69) is 0 Å². The Kier molecular flexibility index (Phi) is 4.89. The van der Waals surface area contributed by atoms with Crippen molar-refractivity contribution in [3.8, 4) is 0 Å². The Bertz CT molecular complexity index is 1240. The second-order valence-corrected chi connectivity index (χ2v) is 12.4. The first-order valence-electron chi connectivity index (χ1n) is 12.0. The van der Waals surface area contributed by atoms with Crippen LogP contribution in [0.2, 0.25) is 0 Å². The van der Waals surface area contributed by atoms with Crippen LogP contribution in [0.3, 0.4) is 0 Å². The van der Waals surface area contributed by atoms with Gasteiger partial charge in [0.2, 0.25) is 5.91 Å². The average molecular weight is 483 g/mol. The monoisotopic (exact) mass is 482 g/mol. The number of amides is 2. The molecule has 8 heteroatoms. The summed E-state index contributed by atoms with van der Waals surface area (Å²) in [6, 6.07) is 12.2. The number of benzene rings is 2.